The number of amides is 2. The van der Waals surface area contributed by atoms with Crippen molar-refractivity contribution in [2.75, 3.05) is 10.6 Å². The van der Waals surface area contributed by atoms with Crippen LogP contribution in [0.5, 0.6) is 5.75 Å². The molecule has 130 valence electrons. The number of pyridine rings is 1. The molecule has 0 aliphatic carbocycles. The molecule has 26 heavy (non-hydrogen) atoms. The average Bonchev–Trinajstić information content (AvgIpc) is 2.64. The molecule has 0 saturated carbocycles. The first-order valence-corrected chi connectivity index (χ1v) is 7.72. The number of rotatable bonds is 4. The Balaban J connectivity index is 1.67. The van der Waals surface area contributed by atoms with Gasteiger partial charge in [0.25, 0.3) is 11.8 Å². The Hall–Kier alpha value is -3.87. The third kappa shape index (κ3) is 3.96. The van der Waals surface area contributed by atoms with E-state index >= 15 is 0 Å². The van der Waals surface area contributed by atoms with Crippen LogP contribution in [0, 0.1) is 0 Å². The third-order valence-electron chi connectivity index (χ3n) is 3.60. The maximum atomic E-state index is 12.2. The van der Waals surface area contributed by atoms with Crippen molar-refractivity contribution in [2.24, 2.45) is 0 Å². The van der Waals surface area contributed by atoms with Gasteiger partial charge in [-0.15, -0.1) is 0 Å². The van der Waals surface area contributed by atoms with E-state index in [1.807, 2.05) is 0 Å². The predicted molar refractivity (Wildman–Crippen MR) is 97.5 cm³/mol. The van der Waals surface area contributed by atoms with Crippen LogP contribution in [0.25, 0.3) is 0 Å². The van der Waals surface area contributed by atoms with Crippen LogP contribution in [-0.2, 0) is 0 Å². The van der Waals surface area contributed by atoms with Gasteiger partial charge in [0.15, 0.2) is 0 Å². The molecule has 0 aliphatic rings. The largest absolute Gasteiger partial charge is 0.506 e. The molecule has 2 aromatic carbocycles. The fourth-order valence-electron chi connectivity index (χ4n) is 2.23. The molecule has 3 aromatic rings. The lowest BCUT2D eigenvalue weighted by molar-refractivity contribution is 0.101. The van der Waals surface area contributed by atoms with Gasteiger partial charge in [0.1, 0.15) is 5.75 Å². The van der Waals surface area contributed by atoms with E-state index in [0.717, 1.165) is 0 Å². The smallest absolute Gasteiger partial charge is 0.257 e. The van der Waals surface area contributed by atoms with Gasteiger partial charge in [0.2, 0.25) is 5.56 Å². The number of hydrogen-bond acceptors (Lipinski definition) is 4. The van der Waals surface area contributed by atoms with E-state index < -0.39 is 0 Å². The minimum Gasteiger partial charge on any atom is -0.506 e. The first-order chi connectivity index (χ1) is 12.5. The average molecular weight is 349 g/mol. The van der Waals surface area contributed by atoms with E-state index in [-0.39, 0.29) is 23.1 Å². The van der Waals surface area contributed by atoms with Crippen LogP contribution >= 0.6 is 0 Å². The highest BCUT2D eigenvalue weighted by atomic mass is 16.3. The normalized spacial score (nSPS) is 10.2. The van der Waals surface area contributed by atoms with Crippen LogP contribution in [-0.4, -0.2) is 21.9 Å². The van der Waals surface area contributed by atoms with Crippen molar-refractivity contribution in [1.29, 1.82) is 0 Å². The van der Waals surface area contributed by atoms with Gasteiger partial charge in [-0.3, -0.25) is 14.4 Å². The molecule has 4 N–H and O–H groups in total. The Bertz CT molecular complexity index is 989. The van der Waals surface area contributed by atoms with E-state index in [2.05, 4.69) is 15.6 Å². The SMILES string of the molecule is O=C(Nc1ccc(C(=O)Nc2ccccc2O)cc1)c1ccc(=O)[nH]c1. The Morgan fingerprint density at radius 3 is 2.12 bits per heavy atom. The van der Waals surface area contributed by atoms with Crippen molar-refractivity contribution in [3.63, 3.8) is 0 Å². The topological polar surface area (TPSA) is 111 Å². The molecule has 0 radical (unpaired) electrons. The highest BCUT2D eigenvalue weighted by Crippen LogP contribution is 2.22. The number of H-pyrrole nitrogens is 1. The van der Waals surface area contributed by atoms with Gasteiger partial charge >= 0.3 is 0 Å². The van der Waals surface area contributed by atoms with E-state index in [4.69, 9.17) is 0 Å². The number of aromatic amines is 1. The van der Waals surface area contributed by atoms with Crippen molar-refractivity contribution in [1.82, 2.24) is 4.98 Å². The van der Waals surface area contributed by atoms with Gasteiger partial charge in [-0.25, -0.2) is 0 Å². The summed E-state index contributed by atoms with van der Waals surface area (Å²) >= 11 is 0. The number of aromatic hydroxyl groups is 1. The van der Waals surface area contributed by atoms with Crippen LogP contribution in [0.2, 0.25) is 0 Å². The van der Waals surface area contributed by atoms with Crippen LogP contribution in [0.3, 0.4) is 0 Å². The Morgan fingerprint density at radius 2 is 1.46 bits per heavy atom. The number of benzene rings is 2. The number of carbonyl (C=O) groups excluding carboxylic acids is 2. The number of nitrogens with one attached hydrogen (secondary N) is 3. The fraction of sp³-hybridized carbons (Fsp3) is 0. The second-order valence-electron chi connectivity index (χ2n) is 5.44. The summed E-state index contributed by atoms with van der Waals surface area (Å²) in [6, 6.07) is 15.4. The number of hydrogen-bond donors (Lipinski definition) is 4. The van der Waals surface area contributed by atoms with E-state index in [9.17, 15) is 19.5 Å². The fourth-order valence-corrected chi connectivity index (χ4v) is 2.23. The standard InChI is InChI=1S/C19H15N3O4/c23-16-4-2-1-3-15(16)22-18(25)12-5-8-14(9-6-12)21-19(26)13-7-10-17(24)20-11-13/h1-11,23H,(H,20,24)(H,21,26)(H,22,25). The van der Waals surface area contributed by atoms with Gasteiger partial charge in [0.05, 0.1) is 11.3 Å². The highest BCUT2D eigenvalue weighted by molar-refractivity contribution is 6.06. The van der Waals surface area contributed by atoms with E-state index in [1.165, 1.54) is 24.4 Å². The zero-order valence-corrected chi connectivity index (χ0v) is 13.5. The van der Waals surface area contributed by atoms with E-state index in [1.54, 1.807) is 42.5 Å². The highest BCUT2D eigenvalue weighted by Gasteiger charge is 2.10. The van der Waals surface area contributed by atoms with Gasteiger partial charge in [-0.2, -0.15) is 0 Å². The summed E-state index contributed by atoms with van der Waals surface area (Å²) in [6.07, 6.45) is 1.33. The second-order valence-corrected chi connectivity index (χ2v) is 5.44. The number of para-hydroxylation sites is 2. The number of carbonyl (C=O) groups is 2. The van der Waals surface area contributed by atoms with E-state index in [0.29, 0.717) is 22.5 Å². The second kappa shape index (κ2) is 7.35. The molecule has 0 fully saturated rings. The summed E-state index contributed by atoms with van der Waals surface area (Å²) in [5, 5.41) is 15.0. The Morgan fingerprint density at radius 1 is 0.808 bits per heavy atom. The minimum atomic E-state index is -0.384. The monoisotopic (exact) mass is 349 g/mol. The lowest BCUT2D eigenvalue weighted by Crippen LogP contribution is -2.15. The van der Waals surface area contributed by atoms with Crippen LogP contribution < -0.4 is 16.2 Å². The summed E-state index contributed by atoms with van der Waals surface area (Å²) in [6.45, 7) is 0. The molecule has 2 amide bonds. The van der Waals surface area contributed by atoms with Crippen molar-refractivity contribution >= 4 is 23.2 Å². The van der Waals surface area contributed by atoms with Crippen molar-refractivity contribution in [3.8, 4) is 5.75 Å². The van der Waals surface area contributed by atoms with Gasteiger partial charge in [-0.1, -0.05) is 12.1 Å². The molecule has 0 saturated heterocycles. The molecule has 7 heteroatoms. The number of phenols is 1. The quantitative estimate of drug-likeness (QED) is 0.542. The van der Waals surface area contributed by atoms with Gasteiger partial charge in [-0.05, 0) is 42.5 Å². The first kappa shape index (κ1) is 17.0. The first-order valence-electron chi connectivity index (χ1n) is 7.72. The predicted octanol–water partition coefficient (Wildman–Crippen LogP) is 2.59. The van der Waals surface area contributed by atoms with Crippen molar-refractivity contribution in [2.45, 2.75) is 0 Å². The molecule has 3 rings (SSSR count). The molecule has 1 aromatic heterocycles. The number of phenolic OH excluding ortho intramolecular Hbond substituents is 1. The zero-order valence-electron chi connectivity index (χ0n) is 13.5. The lowest BCUT2D eigenvalue weighted by Gasteiger charge is -2.08. The summed E-state index contributed by atoms with van der Waals surface area (Å²) in [4.78, 5) is 37.7. The van der Waals surface area contributed by atoms with Crippen molar-refractivity contribution in [3.05, 3.63) is 88.3 Å². The Kier molecular flexibility index (Phi) is 4.80. The maximum absolute atomic E-state index is 12.2. The van der Waals surface area contributed by atoms with Crippen LogP contribution in [0.1, 0.15) is 20.7 Å². The maximum Gasteiger partial charge on any atom is 0.257 e. The Labute approximate surface area is 148 Å². The molecule has 0 atom stereocenters. The minimum absolute atomic E-state index is 0.0226. The van der Waals surface area contributed by atoms with Gasteiger partial charge in [0, 0.05) is 23.5 Å². The summed E-state index contributed by atoms with van der Waals surface area (Å²) in [5.74, 6) is -0.789. The van der Waals surface area contributed by atoms with Crippen molar-refractivity contribution < 1.29 is 14.7 Å². The van der Waals surface area contributed by atoms with Crippen LogP contribution in [0.4, 0.5) is 11.4 Å². The molecule has 0 bridgehead atoms. The van der Waals surface area contributed by atoms with Gasteiger partial charge < -0.3 is 20.7 Å². The summed E-state index contributed by atoms with van der Waals surface area (Å²) in [5.41, 5.74) is 1.20. The molecule has 0 aliphatic heterocycles. The molecule has 0 unspecified atom stereocenters. The zero-order chi connectivity index (χ0) is 18.5. The number of aromatic nitrogens is 1. The molecule has 7 nitrogen and oxygen atoms in total. The van der Waals surface area contributed by atoms with Crippen LogP contribution in [0.15, 0.2) is 71.7 Å². The summed E-state index contributed by atoms with van der Waals surface area (Å²) in [7, 11) is 0. The lowest BCUT2D eigenvalue weighted by atomic mass is 10.1. The molecular formula is C19H15N3O4. The molecule has 0 spiro atoms. The third-order valence-corrected chi connectivity index (χ3v) is 3.60. The summed E-state index contributed by atoms with van der Waals surface area (Å²) < 4.78 is 0. The molecule has 1 heterocycles. The number of anilines is 2. The molecular weight excluding hydrogens is 334 g/mol.